The molecule has 0 amide bonds. The maximum absolute atomic E-state index is 12.0. The molecule has 0 saturated carbocycles. The summed E-state index contributed by atoms with van der Waals surface area (Å²) in [6.07, 6.45) is -0.675. The largest absolute Gasteiger partial charge is 0.473 e. The van der Waals surface area contributed by atoms with Crippen molar-refractivity contribution in [3.05, 3.63) is 54.1 Å². The maximum atomic E-state index is 12.0. The van der Waals surface area contributed by atoms with Crippen LogP contribution in [0.15, 0.2) is 48.5 Å². The molecule has 0 unspecified atom stereocenters. The normalized spacial score (nSPS) is 15.9. The zero-order valence-electron chi connectivity index (χ0n) is 10.6. The van der Waals surface area contributed by atoms with Crippen LogP contribution >= 0.6 is 0 Å². The molecule has 0 N–H and O–H groups in total. The van der Waals surface area contributed by atoms with Crippen LogP contribution in [-0.4, -0.2) is 12.6 Å². The van der Waals surface area contributed by atoms with Crippen LogP contribution in [-0.2, 0) is 9.53 Å². The first-order chi connectivity index (χ1) is 9.31. The van der Waals surface area contributed by atoms with Crippen molar-refractivity contribution in [3.63, 3.8) is 0 Å². The summed E-state index contributed by atoms with van der Waals surface area (Å²) in [5, 5.41) is 0. The van der Waals surface area contributed by atoms with Gasteiger partial charge in [-0.3, -0.25) is 0 Å². The molecule has 3 rings (SSSR count). The van der Waals surface area contributed by atoms with Crippen LogP contribution in [0.2, 0.25) is 0 Å². The summed E-state index contributed by atoms with van der Waals surface area (Å²) in [5.74, 6) is 0.378. The Morgan fingerprint density at radius 2 is 1.79 bits per heavy atom. The Labute approximate surface area is 111 Å². The molecule has 3 heteroatoms. The van der Waals surface area contributed by atoms with E-state index in [1.807, 2.05) is 48.5 Å². The van der Waals surface area contributed by atoms with Crippen molar-refractivity contribution < 1.29 is 14.3 Å². The van der Waals surface area contributed by atoms with Gasteiger partial charge in [-0.15, -0.1) is 0 Å². The molecule has 1 aliphatic rings. The van der Waals surface area contributed by atoms with Gasteiger partial charge in [0, 0.05) is 11.1 Å². The molecule has 0 fully saturated rings. The number of hydrogen-bond donors (Lipinski definition) is 0. The molecule has 1 heterocycles. The number of benzene rings is 2. The Hall–Kier alpha value is -2.29. The Bertz CT molecular complexity index is 619. The summed E-state index contributed by atoms with van der Waals surface area (Å²) in [6, 6.07) is 15.5. The van der Waals surface area contributed by atoms with Gasteiger partial charge in [-0.2, -0.15) is 0 Å². The van der Waals surface area contributed by atoms with Gasteiger partial charge in [-0.1, -0.05) is 42.5 Å². The zero-order chi connectivity index (χ0) is 13.2. The first-order valence-electron chi connectivity index (χ1n) is 6.33. The highest BCUT2D eigenvalue weighted by atomic mass is 16.6. The number of carbonyl (C=O) groups is 1. The quantitative estimate of drug-likeness (QED) is 0.771. The molecule has 0 spiro atoms. The highest BCUT2D eigenvalue weighted by molar-refractivity contribution is 5.85. The lowest BCUT2D eigenvalue weighted by molar-refractivity contribution is -0.151. The van der Waals surface area contributed by atoms with Crippen molar-refractivity contribution in [2.75, 3.05) is 6.61 Å². The van der Waals surface area contributed by atoms with E-state index in [4.69, 9.17) is 9.47 Å². The van der Waals surface area contributed by atoms with Crippen LogP contribution in [0.4, 0.5) is 0 Å². The molecule has 0 aliphatic carbocycles. The minimum Gasteiger partial charge on any atom is -0.473 e. The summed E-state index contributed by atoms with van der Waals surface area (Å²) in [5.41, 5.74) is 2.90. The third-order valence-corrected chi connectivity index (χ3v) is 3.17. The van der Waals surface area contributed by atoms with Gasteiger partial charge >= 0.3 is 5.97 Å². The SMILES string of the molecule is CCOC(=O)[C@H]1Oc2ccccc2-c2ccccc21. The highest BCUT2D eigenvalue weighted by Crippen LogP contribution is 2.42. The van der Waals surface area contributed by atoms with Crippen LogP contribution in [0, 0.1) is 0 Å². The van der Waals surface area contributed by atoms with Crippen LogP contribution in [0.5, 0.6) is 5.75 Å². The topological polar surface area (TPSA) is 35.5 Å². The van der Waals surface area contributed by atoms with Gasteiger partial charge in [0.05, 0.1) is 6.61 Å². The van der Waals surface area contributed by atoms with E-state index in [0.717, 1.165) is 22.4 Å². The van der Waals surface area contributed by atoms with Crippen molar-refractivity contribution in [2.45, 2.75) is 13.0 Å². The number of carbonyl (C=O) groups excluding carboxylic acids is 1. The lowest BCUT2D eigenvalue weighted by Gasteiger charge is -2.27. The average molecular weight is 254 g/mol. The molecule has 19 heavy (non-hydrogen) atoms. The molecular formula is C16H14O3. The van der Waals surface area contributed by atoms with E-state index in [1.54, 1.807) is 6.92 Å². The number of esters is 1. The van der Waals surface area contributed by atoms with Gasteiger partial charge in [0.2, 0.25) is 6.10 Å². The summed E-state index contributed by atoms with van der Waals surface area (Å²) in [6.45, 7) is 2.14. The molecule has 1 atom stereocenters. The maximum Gasteiger partial charge on any atom is 0.352 e. The smallest absolute Gasteiger partial charge is 0.352 e. The Morgan fingerprint density at radius 1 is 1.11 bits per heavy atom. The fourth-order valence-corrected chi connectivity index (χ4v) is 2.35. The molecule has 2 aromatic rings. The first kappa shape index (κ1) is 11.8. The number of ether oxygens (including phenoxy) is 2. The minimum atomic E-state index is -0.675. The Morgan fingerprint density at radius 3 is 2.58 bits per heavy atom. The first-order valence-corrected chi connectivity index (χ1v) is 6.33. The summed E-state index contributed by atoms with van der Waals surface area (Å²) in [4.78, 5) is 12.0. The molecular weight excluding hydrogens is 240 g/mol. The van der Waals surface area contributed by atoms with E-state index in [0.29, 0.717) is 6.61 Å². The lowest BCUT2D eigenvalue weighted by Crippen LogP contribution is -2.24. The van der Waals surface area contributed by atoms with Crippen LogP contribution in [0.1, 0.15) is 18.6 Å². The number of para-hydroxylation sites is 1. The molecule has 0 bridgehead atoms. The number of fused-ring (bicyclic) bond motifs is 3. The fourth-order valence-electron chi connectivity index (χ4n) is 2.35. The van der Waals surface area contributed by atoms with Gasteiger partial charge in [-0.25, -0.2) is 4.79 Å². The van der Waals surface area contributed by atoms with E-state index >= 15 is 0 Å². The van der Waals surface area contributed by atoms with E-state index in [2.05, 4.69) is 0 Å². The summed E-state index contributed by atoms with van der Waals surface area (Å²) < 4.78 is 10.9. The zero-order valence-corrected chi connectivity index (χ0v) is 10.6. The lowest BCUT2D eigenvalue weighted by atomic mass is 9.93. The predicted octanol–water partition coefficient (Wildman–Crippen LogP) is 3.35. The van der Waals surface area contributed by atoms with Gasteiger partial charge in [0.15, 0.2) is 0 Å². The third-order valence-electron chi connectivity index (χ3n) is 3.17. The predicted molar refractivity (Wildman–Crippen MR) is 71.9 cm³/mol. The number of rotatable bonds is 2. The van der Waals surface area contributed by atoms with E-state index in [-0.39, 0.29) is 5.97 Å². The van der Waals surface area contributed by atoms with E-state index < -0.39 is 6.10 Å². The second-order valence-corrected chi connectivity index (χ2v) is 4.33. The molecule has 2 aromatic carbocycles. The third kappa shape index (κ3) is 1.97. The van der Waals surface area contributed by atoms with Crippen molar-refractivity contribution in [2.24, 2.45) is 0 Å². The minimum absolute atomic E-state index is 0.343. The van der Waals surface area contributed by atoms with Gasteiger partial charge in [0.25, 0.3) is 0 Å². The highest BCUT2D eigenvalue weighted by Gasteiger charge is 2.31. The van der Waals surface area contributed by atoms with Crippen molar-refractivity contribution in [1.82, 2.24) is 0 Å². The number of hydrogen-bond acceptors (Lipinski definition) is 3. The van der Waals surface area contributed by atoms with Gasteiger partial charge in [-0.05, 0) is 18.6 Å². The van der Waals surface area contributed by atoms with Crippen molar-refractivity contribution >= 4 is 5.97 Å². The molecule has 3 nitrogen and oxygen atoms in total. The molecule has 1 aliphatic heterocycles. The Kier molecular flexibility index (Phi) is 2.95. The Balaban J connectivity index is 2.11. The summed E-state index contributed by atoms with van der Waals surface area (Å²) >= 11 is 0. The van der Waals surface area contributed by atoms with Crippen LogP contribution in [0.25, 0.3) is 11.1 Å². The summed E-state index contributed by atoms with van der Waals surface area (Å²) in [7, 11) is 0. The van der Waals surface area contributed by atoms with Gasteiger partial charge in [0.1, 0.15) is 5.75 Å². The van der Waals surface area contributed by atoms with Gasteiger partial charge < -0.3 is 9.47 Å². The van der Waals surface area contributed by atoms with Crippen LogP contribution < -0.4 is 4.74 Å². The fraction of sp³-hybridized carbons (Fsp3) is 0.188. The molecule has 0 radical (unpaired) electrons. The molecule has 0 aromatic heterocycles. The standard InChI is InChI=1S/C16H14O3/c1-2-18-16(17)15-13-9-4-3-7-11(13)12-8-5-6-10-14(12)19-15/h3-10,15H,2H2,1H3/t15-/m0/s1. The van der Waals surface area contributed by atoms with E-state index in [9.17, 15) is 4.79 Å². The average Bonchev–Trinajstić information content (AvgIpc) is 2.46. The molecule has 96 valence electrons. The van der Waals surface area contributed by atoms with Crippen molar-refractivity contribution in [1.29, 1.82) is 0 Å². The second kappa shape index (κ2) is 4.76. The van der Waals surface area contributed by atoms with E-state index in [1.165, 1.54) is 0 Å². The second-order valence-electron chi connectivity index (χ2n) is 4.33. The molecule has 0 saturated heterocycles. The van der Waals surface area contributed by atoms with Crippen LogP contribution in [0.3, 0.4) is 0 Å². The monoisotopic (exact) mass is 254 g/mol. The van der Waals surface area contributed by atoms with Crippen molar-refractivity contribution in [3.8, 4) is 16.9 Å².